The van der Waals surface area contributed by atoms with Gasteiger partial charge in [-0.05, 0) is 18.2 Å². The number of aromatic nitrogens is 2. The summed E-state index contributed by atoms with van der Waals surface area (Å²) in [4.78, 5) is 4.85. The lowest BCUT2D eigenvalue weighted by molar-refractivity contribution is 0.212. The minimum Gasteiger partial charge on any atom is -0.399 e. The summed E-state index contributed by atoms with van der Waals surface area (Å²) in [6.45, 7) is 0.558. The Morgan fingerprint density at radius 2 is 2.18 bits per heavy atom. The Morgan fingerprint density at radius 3 is 2.76 bits per heavy atom. The Labute approximate surface area is 104 Å². The van der Waals surface area contributed by atoms with Gasteiger partial charge in [-0.3, -0.25) is 4.68 Å². The molecule has 0 aliphatic rings. The Balaban J connectivity index is 2.23. The van der Waals surface area contributed by atoms with E-state index >= 15 is 0 Å². The first kappa shape index (κ1) is 11.7. The van der Waals surface area contributed by atoms with Gasteiger partial charge in [-0.25, -0.2) is 0 Å². The van der Waals surface area contributed by atoms with Gasteiger partial charge < -0.3 is 4.84 Å². The van der Waals surface area contributed by atoms with Crippen LogP contribution in [-0.2, 0) is 11.4 Å². The van der Waals surface area contributed by atoms with Crippen LogP contribution >= 0.6 is 11.6 Å². The van der Waals surface area contributed by atoms with Crippen LogP contribution in [0.4, 0.5) is 0 Å². The molecule has 0 aliphatic carbocycles. The highest BCUT2D eigenvalue weighted by Gasteiger charge is 2.05. The van der Waals surface area contributed by atoms with Gasteiger partial charge in [-0.1, -0.05) is 28.9 Å². The van der Waals surface area contributed by atoms with E-state index in [1.54, 1.807) is 10.9 Å². The van der Waals surface area contributed by atoms with Crippen LogP contribution in [0.1, 0.15) is 5.56 Å². The molecule has 1 aromatic carbocycles. The largest absolute Gasteiger partial charge is 0.399 e. The van der Waals surface area contributed by atoms with Crippen LogP contribution in [0.25, 0.3) is 0 Å². The lowest BCUT2D eigenvalue weighted by Crippen LogP contribution is -2.12. The molecule has 17 heavy (non-hydrogen) atoms. The molecule has 0 radical (unpaired) electrons. The maximum Gasteiger partial charge on any atom is 0.108 e. The van der Waals surface area contributed by atoms with E-state index in [0.29, 0.717) is 11.6 Å². The van der Waals surface area contributed by atoms with Gasteiger partial charge in [0.15, 0.2) is 0 Å². The quantitative estimate of drug-likeness (QED) is 0.617. The van der Waals surface area contributed by atoms with E-state index in [1.807, 2.05) is 36.5 Å². The van der Waals surface area contributed by atoms with E-state index in [-0.39, 0.29) is 0 Å². The van der Waals surface area contributed by atoms with Crippen LogP contribution < -0.4 is 0 Å². The molecule has 0 unspecified atom stereocenters. The second kappa shape index (κ2) is 5.50. The predicted octanol–water partition coefficient (Wildman–Crippen LogP) is 2.59. The first-order chi connectivity index (χ1) is 8.29. The third-order valence-electron chi connectivity index (χ3n) is 2.25. The van der Waals surface area contributed by atoms with Crippen molar-refractivity contribution in [2.45, 2.75) is 6.54 Å². The minimum absolute atomic E-state index is 0.558. The summed E-state index contributed by atoms with van der Waals surface area (Å²) in [5.74, 6) is 0. The van der Waals surface area contributed by atoms with E-state index in [9.17, 15) is 0 Å². The minimum atomic E-state index is 0.558. The topological polar surface area (TPSA) is 39.4 Å². The van der Waals surface area contributed by atoms with Gasteiger partial charge in [0, 0.05) is 23.0 Å². The zero-order chi connectivity index (χ0) is 12.1. The first-order valence-electron chi connectivity index (χ1n) is 5.13. The van der Waals surface area contributed by atoms with Crippen molar-refractivity contribution in [3.63, 3.8) is 0 Å². The van der Waals surface area contributed by atoms with Crippen molar-refractivity contribution in [3.8, 4) is 0 Å². The Bertz CT molecular complexity index is 491. The second-order valence-corrected chi connectivity index (χ2v) is 3.87. The fraction of sp³-hybridized carbons (Fsp3) is 0.167. The highest BCUT2D eigenvalue weighted by molar-refractivity contribution is 6.30. The van der Waals surface area contributed by atoms with Gasteiger partial charge in [0.05, 0.1) is 6.54 Å². The molecule has 1 aromatic heterocycles. The zero-order valence-electron chi connectivity index (χ0n) is 9.38. The summed E-state index contributed by atoms with van der Waals surface area (Å²) in [7, 11) is 1.53. The van der Waals surface area contributed by atoms with Crippen LogP contribution in [0.15, 0.2) is 47.9 Å². The average Bonchev–Trinajstić information content (AvgIpc) is 2.82. The Kier molecular flexibility index (Phi) is 3.77. The molecule has 0 atom stereocenters. The molecule has 0 saturated carbocycles. The molecule has 1 heterocycles. The normalized spacial score (nSPS) is 11.5. The number of hydrogen-bond acceptors (Lipinski definition) is 3. The molecular formula is C12H12ClN3O. The molecule has 5 heteroatoms. The fourth-order valence-corrected chi connectivity index (χ4v) is 1.60. The number of halogens is 1. The van der Waals surface area contributed by atoms with Crippen molar-refractivity contribution >= 4 is 17.3 Å². The number of benzene rings is 1. The average molecular weight is 250 g/mol. The number of rotatable bonds is 4. The van der Waals surface area contributed by atoms with Gasteiger partial charge in [0.1, 0.15) is 12.8 Å². The molecule has 0 aliphatic heterocycles. The van der Waals surface area contributed by atoms with Gasteiger partial charge in [-0.2, -0.15) is 5.10 Å². The molecule has 0 saturated heterocycles. The van der Waals surface area contributed by atoms with Gasteiger partial charge in [0.2, 0.25) is 0 Å². The third kappa shape index (κ3) is 3.07. The molecule has 0 fully saturated rings. The zero-order valence-corrected chi connectivity index (χ0v) is 10.1. The molecule has 0 N–H and O–H groups in total. The van der Waals surface area contributed by atoms with E-state index in [4.69, 9.17) is 16.4 Å². The molecule has 0 amide bonds. The predicted molar refractivity (Wildman–Crippen MR) is 67.2 cm³/mol. The molecular weight excluding hydrogens is 238 g/mol. The van der Waals surface area contributed by atoms with E-state index in [2.05, 4.69) is 10.3 Å². The molecule has 4 nitrogen and oxygen atoms in total. The molecule has 2 rings (SSSR count). The lowest BCUT2D eigenvalue weighted by Gasteiger charge is -2.06. The fourth-order valence-electron chi connectivity index (χ4n) is 1.47. The van der Waals surface area contributed by atoms with Crippen molar-refractivity contribution in [2.75, 3.05) is 7.11 Å². The number of oxime groups is 1. The van der Waals surface area contributed by atoms with Crippen molar-refractivity contribution in [3.05, 3.63) is 53.3 Å². The van der Waals surface area contributed by atoms with Crippen molar-refractivity contribution in [1.29, 1.82) is 0 Å². The van der Waals surface area contributed by atoms with Gasteiger partial charge in [0.25, 0.3) is 0 Å². The van der Waals surface area contributed by atoms with E-state index < -0.39 is 0 Å². The van der Waals surface area contributed by atoms with E-state index in [0.717, 1.165) is 11.3 Å². The SMILES string of the molecule is CO/N=C(/Cn1cccn1)c1ccc(Cl)cc1. The Hall–Kier alpha value is -1.81. The summed E-state index contributed by atoms with van der Waals surface area (Å²) in [6.07, 6.45) is 3.60. The number of nitrogens with zero attached hydrogens (tertiary/aromatic N) is 3. The van der Waals surface area contributed by atoms with Crippen molar-refractivity contribution in [2.24, 2.45) is 5.16 Å². The maximum atomic E-state index is 5.85. The summed E-state index contributed by atoms with van der Waals surface area (Å²) < 4.78 is 1.78. The summed E-state index contributed by atoms with van der Waals surface area (Å²) in [5, 5.41) is 8.85. The lowest BCUT2D eigenvalue weighted by atomic mass is 10.1. The van der Waals surface area contributed by atoms with Crippen LogP contribution in [0.3, 0.4) is 0 Å². The summed E-state index contributed by atoms with van der Waals surface area (Å²) >= 11 is 5.85. The second-order valence-electron chi connectivity index (χ2n) is 3.43. The standard InChI is InChI=1S/C12H12ClN3O/c1-17-15-12(9-16-8-2-7-14-16)10-3-5-11(13)6-4-10/h2-8H,9H2,1H3/b15-12-. The van der Waals surface area contributed by atoms with Gasteiger partial charge >= 0.3 is 0 Å². The molecule has 2 aromatic rings. The highest BCUT2D eigenvalue weighted by Crippen LogP contribution is 2.11. The third-order valence-corrected chi connectivity index (χ3v) is 2.50. The van der Waals surface area contributed by atoms with Crippen LogP contribution in [0, 0.1) is 0 Å². The first-order valence-corrected chi connectivity index (χ1v) is 5.51. The monoisotopic (exact) mass is 249 g/mol. The van der Waals surface area contributed by atoms with Crippen molar-refractivity contribution in [1.82, 2.24) is 9.78 Å². The number of hydrogen-bond donors (Lipinski definition) is 0. The molecule has 0 spiro atoms. The van der Waals surface area contributed by atoms with Crippen molar-refractivity contribution < 1.29 is 4.84 Å². The molecule has 88 valence electrons. The Morgan fingerprint density at radius 1 is 1.41 bits per heavy atom. The van der Waals surface area contributed by atoms with Gasteiger partial charge in [-0.15, -0.1) is 0 Å². The van der Waals surface area contributed by atoms with Crippen LogP contribution in [-0.4, -0.2) is 22.6 Å². The van der Waals surface area contributed by atoms with Crippen LogP contribution in [0.2, 0.25) is 5.02 Å². The van der Waals surface area contributed by atoms with E-state index in [1.165, 1.54) is 7.11 Å². The molecule has 0 bridgehead atoms. The summed E-state index contributed by atoms with van der Waals surface area (Å²) in [6, 6.07) is 9.33. The highest BCUT2D eigenvalue weighted by atomic mass is 35.5. The maximum absolute atomic E-state index is 5.85. The summed E-state index contributed by atoms with van der Waals surface area (Å²) in [5.41, 5.74) is 1.76. The smallest absolute Gasteiger partial charge is 0.108 e. The van der Waals surface area contributed by atoms with Crippen LogP contribution in [0.5, 0.6) is 0 Å².